The molecule has 1 fully saturated rings. The summed E-state index contributed by atoms with van der Waals surface area (Å²) in [6.07, 6.45) is 4.02. The molecule has 0 saturated carbocycles. The first-order chi connectivity index (χ1) is 13.3. The Morgan fingerprint density at radius 3 is 2.54 bits per heavy atom. The van der Waals surface area contributed by atoms with Crippen molar-refractivity contribution in [1.82, 2.24) is 4.31 Å². The summed E-state index contributed by atoms with van der Waals surface area (Å²) in [6.45, 7) is 9.97. The molecule has 28 heavy (non-hydrogen) atoms. The first-order valence-corrected chi connectivity index (χ1v) is 11.5. The molecule has 0 bridgehead atoms. The number of benzene rings is 1. The maximum Gasteiger partial charge on any atom is 0.243 e. The quantitative estimate of drug-likeness (QED) is 0.724. The molecule has 0 N–H and O–H groups in total. The fourth-order valence-electron chi connectivity index (χ4n) is 4.55. The van der Waals surface area contributed by atoms with Crippen LogP contribution in [0.4, 0.5) is 5.69 Å². The molecule has 6 heteroatoms. The van der Waals surface area contributed by atoms with Crippen LogP contribution in [0.25, 0.3) is 0 Å². The van der Waals surface area contributed by atoms with Crippen molar-refractivity contribution in [1.29, 1.82) is 0 Å². The molecule has 0 radical (unpaired) electrons. The fraction of sp³-hybridized carbons (Fsp3) is 0.500. The molecule has 1 aromatic rings. The zero-order valence-corrected chi connectivity index (χ0v) is 17.5. The third-order valence-corrected chi connectivity index (χ3v) is 8.29. The number of nitrogens with zero attached hydrogens (tertiary/aromatic N) is 2. The van der Waals surface area contributed by atoms with Gasteiger partial charge in [-0.05, 0) is 69.2 Å². The van der Waals surface area contributed by atoms with Gasteiger partial charge in [0, 0.05) is 43.0 Å². The second kappa shape index (κ2) is 7.16. The fourth-order valence-corrected chi connectivity index (χ4v) is 6.12. The van der Waals surface area contributed by atoms with E-state index < -0.39 is 10.0 Å². The van der Waals surface area contributed by atoms with Gasteiger partial charge in [0.1, 0.15) is 0 Å². The summed E-state index contributed by atoms with van der Waals surface area (Å²) in [7, 11) is -3.41. The summed E-state index contributed by atoms with van der Waals surface area (Å²) in [5.41, 5.74) is 5.03. The summed E-state index contributed by atoms with van der Waals surface area (Å²) in [6, 6.07) is 5.47. The molecule has 150 valence electrons. The topological polar surface area (TPSA) is 57.7 Å². The average Bonchev–Trinajstić information content (AvgIpc) is 3.33. The SMILES string of the molecule is C=C(C)C1CC(=O)C(C)=C(N2CCc3cc(S(=O)(=O)N4CCCC4)ccc32)C1. The number of Topliss-reactive ketones (excluding diaryl/α,β-unsaturated/α-hetero) is 1. The summed E-state index contributed by atoms with van der Waals surface area (Å²) in [5, 5.41) is 0. The van der Waals surface area contributed by atoms with Crippen molar-refractivity contribution in [2.75, 3.05) is 24.5 Å². The van der Waals surface area contributed by atoms with Gasteiger partial charge in [-0.15, -0.1) is 0 Å². The largest absolute Gasteiger partial charge is 0.344 e. The lowest BCUT2D eigenvalue weighted by molar-refractivity contribution is -0.116. The second-order valence-electron chi connectivity index (χ2n) is 8.25. The van der Waals surface area contributed by atoms with Gasteiger partial charge < -0.3 is 4.90 Å². The minimum atomic E-state index is -3.41. The van der Waals surface area contributed by atoms with Crippen LogP contribution in [0.3, 0.4) is 0 Å². The molecule has 1 saturated heterocycles. The molecule has 0 amide bonds. The number of allylic oxidation sites excluding steroid dienone is 3. The van der Waals surface area contributed by atoms with E-state index in [1.165, 1.54) is 0 Å². The lowest BCUT2D eigenvalue weighted by atomic mass is 9.82. The van der Waals surface area contributed by atoms with Crippen LogP contribution in [0.1, 0.15) is 45.1 Å². The van der Waals surface area contributed by atoms with Crippen molar-refractivity contribution in [2.45, 2.75) is 50.8 Å². The average molecular weight is 401 g/mol. The van der Waals surface area contributed by atoms with Gasteiger partial charge in [0.15, 0.2) is 5.78 Å². The van der Waals surface area contributed by atoms with Crippen LogP contribution in [-0.2, 0) is 21.2 Å². The number of ketones is 1. The van der Waals surface area contributed by atoms with Crippen molar-refractivity contribution < 1.29 is 13.2 Å². The Hall–Kier alpha value is -1.92. The third-order valence-electron chi connectivity index (χ3n) is 6.39. The van der Waals surface area contributed by atoms with E-state index in [-0.39, 0.29) is 11.7 Å². The van der Waals surface area contributed by atoms with Gasteiger partial charge in [0.05, 0.1) is 4.90 Å². The van der Waals surface area contributed by atoms with Crippen molar-refractivity contribution in [3.8, 4) is 0 Å². The van der Waals surface area contributed by atoms with Crippen LogP contribution in [0.5, 0.6) is 0 Å². The minimum absolute atomic E-state index is 0.185. The smallest absolute Gasteiger partial charge is 0.243 e. The Balaban J connectivity index is 1.66. The Morgan fingerprint density at radius 2 is 1.86 bits per heavy atom. The number of hydrogen-bond acceptors (Lipinski definition) is 4. The second-order valence-corrected chi connectivity index (χ2v) is 10.2. The zero-order chi connectivity index (χ0) is 20.1. The van der Waals surface area contributed by atoms with Crippen molar-refractivity contribution in [3.05, 3.63) is 47.2 Å². The summed E-state index contributed by atoms with van der Waals surface area (Å²) < 4.78 is 27.3. The molecule has 0 spiro atoms. The summed E-state index contributed by atoms with van der Waals surface area (Å²) in [4.78, 5) is 15.1. The van der Waals surface area contributed by atoms with Gasteiger partial charge >= 0.3 is 0 Å². The predicted octanol–water partition coefficient (Wildman–Crippen LogP) is 3.66. The highest BCUT2D eigenvalue weighted by Gasteiger charge is 2.33. The van der Waals surface area contributed by atoms with E-state index >= 15 is 0 Å². The van der Waals surface area contributed by atoms with E-state index in [2.05, 4.69) is 11.5 Å². The van der Waals surface area contributed by atoms with Gasteiger partial charge in [-0.1, -0.05) is 12.2 Å². The van der Waals surface area contributed by atoms with Gasteiger partial charge in [-0.3, -0.25) is 4.79 Å². The van der Waals surface area contributed by atoms with Crippen LogP contribution in [0, 0.1) is 5.92 Å². The molecule has 1 aliphatic carbocycles. The Kier molecular flexibility index (Phi) is 4.96. The van der Waals surface area contributed by atoms with Crippen molar-refractivity contribution in [2.24, 2.45) is 5.92 Å². The van der Waals surface area contributed by atoms with Crippen LogP contribution in [-0.4, -0.2) is 38.1 Å². The summed E-state index contributed by atoms with van der Waals surface area (Å²) >= 11 is 0. The number of carbonyl (C=O) groups is 1. The molecular formula is C22H28N2O3S. The molecule has 0 aromatic heterocycles. The monoisotopic (exact) mass is 400 g/mol. The molecule has 2 aliphatic heterocycles. The molecule has 2 heterocycles. The van der Waals surface area contributed by atoms with Crippen LogP contribution in [0.15, 0.2) is 46.5 Å². The maximum absolute atomic E-state index is 12.9. The number of rotatable bonds is 4. The Labute approximate surface area is 167 Å². The number of carbonyl (C=O) groups excluding carboxylic acids is 1. The van der Waals surface area contributed by atoms with E-state index in [1.807, 2.05) is 26.0 Å². The lowest BCUT2D eigenvalue weighted by Gasteiger charge is -2.32. The third kappa shape index (κ3) is 3.22. The van der Waals surface area contributed by atoms with Crippen molar-refractivity contribution in [3.63, 3.8) is 0 Å². The van der Waals surface area contributed by atoms with Crippen LogP contribution < -0.4 is 4.90 Å². The molecule has 1 aromatic carbocycles. The first-order valence-electron chi connectivity index (χ1n) is 10.1. The highest BCUT2D eigenvalue weighted by atomic mass is 32.2. The zero-order valence-electron chi connectivity index (χ0n) is 16.7. The van der Waals surface area contributed by atoms with E-state index in [0.717, 1.165) is 60.3 Å². The van der Waals surface area contributed by atoms with Gasteiger partial charge in [-0.25, -0.2) is 8.42 Å². The predicted molar refractivity (Wildman–Crippen MR) is 111 cm³/mol. The highest BCUT2D eigenvalue weighted by Crippen LogP contribution is 2.40. The van der Waals surface area contributed by atoms with Crippen molar-refractivity contribution >= 4 is 21.5 Å². The maximum atomic E-state index is 12.9. The highest BCUT2D eigenvalue weighted by molar-refractivity contribution is 7.89. The number of anilines is 1. The van der Waals surface area contributed by atoms with Gasteiger partial charge in [0.25, 0.3) is 0 Å². The van der Waals surface area contributed by atoms with E-state index in [0.29, 0.717) is 24.4 Å². The Morgan fingerprint density at radius 1 is 1.14 bits per heavy atom. The number of sulfonamides is 1. The van der Waals surface area contributed by atoms with E-state index in [1.54, 1.807) is 10.4 Å². The molecule has 5 nitrogen and oxygen atoms in total. The van der Waals surface area contributed by atoms with E-state index in [9.17, 15) is 13.2 Å². The van der Waals surface area contributed by atoms with Gasteiger partial charge in [0.2, 0.25) is 10.0 Å². The van der Waals surface area contributed by atoms with Crippen LogP contribution >= 0.6 is 0 Å². The standard InChI is InChI=1S/C22H28N2O3S/c1-15(2)18-13-21(16(3)22(25)14-18)24-11-8-17-12-19(6-7-20(17)24)28(26,27)23-9-4-5-10-23/h6-7,12,18H,1,4-5,8-11,13-14H2,2-3H3. The number of hydrogen-bond donors (Lipinski definition) is 0. The lowest BCUT2D eigenvalue weighted by Crippen LogP contribution is -2.29. The molecule has 4 rings (SSSR count). The van der Waals surface area contributed by atoms with E-state index in [4.69, 9.17) is 0 Å². The Bertz CT molecular complexity index is 971. The normalized spacial score (nSPS) is 23.4. The molecule has 1 unspecified atom stereocenters. The molecular weight excluding hydrogens is 372 g/mol. The minimum Gasteiger partial charge on any atom is -0.344 e. The first kappa shape index (κ1) is 19.4. The number of fused-ring (bicyclic) bond motifs is 1. The summed E-state index contributed by atoms with van der Waals surface area (Å²) in [5.74, 6) is 0.376. The van der Waals surface area contributed by atoms with Crippen LogP contribution in [0.2, 0.25) is 0 Å². The molecule has 3 aliphatic rings. The molecule has 1 atom stereocenters. The van der Waals surface area contributed by atoms with Gasteiger partial charge in [-0.2, -0.15) is 4.31 Å².